The van der Waals surface area contributed by atoms with Crippen LogP contribution in [0, 0.1) is 5.92 Å². The summed E-state index contributed by atoms with van der Waals surface area (Å²) >= 11 is 0. The van der Waals surface area contributed by atoms with Gasteiger partial charge in [-0.05, 0) is 38.0 Å². The van der Waals surface area contributed by atoms with Crippen LogP contribution in [0.5, 0.6) is 0 Å². The van der Waals surface area contributed by atoms with Gasteiger partial charge in [0.1, 0.15) is 0 Å². The standard InChI is InChI=1S/C13H24N2O2/c1-2-10-5-6-13(8-10,12(14)16)15-9-11-4-3-7-17-11/h10-11,15H,2-9H2,1H3,(H2,14,16). The first-order valence-electron chi connectivity index (χ1n) is 6.83. The maximum Gasteiger partial charge on any atom is 0.237 e. The van der Waals surface area contributed by atoms with Crippen LogP contribution in [0.15, 0.2) is 0 Å². The molecule has 1 amide bonds. The van der Waals surface area contributed by atoms with Gasteiger partial charge in [-0.15, -0.1) is 0 Å². The number of nitrogens with two attached hydrogens (primary N) is 1. The maximum atomic E-state index is 11.7. The number of amides is 1. The largest absolute Gasteiger partial charge is 0.377 e. The van der Waals surface area contributed by atoms with Crippen molar-refractivity contribution in [3.8, 4) is 0 Å². The highest BCUT2D eigenvalue weighted by Crippen LogP contribution is 2.36. The van der Waals surface area contributed by atoms with Gasteiger partial charge >= 0.3 is 0 Å². The van der Waals surface area contributed by atoms with Crippen LogP contribution >= 0.6 is 0 Å². The first-order valence-corrected chi connectivity index (χ1v) is 6.83. The van der Waals surface area contributed by atoms with Crippen LogP contribution in [0.1, 0.15) is 45.4 Å². The number of carbonyl (C=O) groups excluding carboxylic acids is 1. The van der Waals surface area contributed by atoms with Crippen molar-refractivity contribution in [1.82, 2.24) is 5.32 Å². The van der Waals surface area contributed by atoms with E-state index in [0.717, 1.165) is 51.7 Å². The molecule has 0 aromatic carbocycles. The molecule has 0 aromatic rings. The molecular formula is C13H24N2O2. The molecule has 2 fully saturated rings. The van der Waals surface area contributed by atoms with Gasteiger partial charge in [0.2, 0.25) is 5.91 Å². The summed E-state index contributed by atoms with van der Waals surface area (Å²) in [5.74, 6) is 0.450. The van der Waals surface area contributed by atoms with E-state index in [1.165, 1.54) is 0 Å². The van der Waals surface area contributed by atoms with Gasteiger partial charge in [0.15, 0.2) is 0 Å². The van der Waals surface area contributed by atoms with Gasteiger partial charge in [-0.1, -0.05) is 13.3 Å². The zero-order valence-corrected chi connectivity index (χ0v) is 10.7. The van der Waals surface area contributed by atoms with Crippen LogP contribution in [0.2, 0.25) is 0 Å². The molecule has 1 saturated heterocycles. The number of hydrogen-bond acceptors (Lipinski definition) is 3. The lowest BCUT2D eigenvalue weighted by Gasteiger charge is -2.28. The molecule has 2 aliphatic rings. The lowest BCUT2D eigenvalue weighted by Crippen LogP contribution is -2.55. The van der Waals surface area contributed by atoms with Crippen LogP contribution in [0.3, 0.4) is 0 Å². The van der Waals surface area contributed by atoms with Gasteiger partial charge in [-0.3, -0.25) is 4.79 Å². The predicted molar refractivity (Wildman–Crippen MR) is 66.5 cm³/mol. The summed E-state index contributed by atoms with van der Waals surface area (Å²) in [6.07, 6.45) is 6.52. The summed E-state index contributed by atoms with van der Waals surface area (Å²) in [7, 11) is 0. The van der Waals surface area contributed by atoms with Crippen molar-refractivity contribution in [3.63, 3.8) is 0 Å². The fraction of sp³-hybridized carbons (Fsp3) is 0.923. The first-order chi connectivity index (χ1) is 8.16. The molecule has 4 nitrogen and oxygen atoms in total. The lowest BCUT2D eigenvalue weighted by molar-refractivity contribution is -0.124. The van der Waals surface area contributed by atoms with Crippen molar-refractivity contribution >= 4 is 5.91 Å². The topological polar surface area (TPSA) is 64.3 Å². The van der Waals surface area contributed by atoms with E-state index in [4.69, 9.17) is 10.5 Å². The minimum Gasteiger partial charge on any atom is -0.377 e. The van der Waals surface area contributed by atoms with E-state index in [9.17, 15) is 4.79 Å². The molecule has 1 aliphatic heterocycles. The quantitative estimate of drug-likeness (QED) is 0.758. The lowest BCUT2D eigenvalue weighted by atomic mass is 9.94. The van der Waals surface area contributed by atoms with Gasteiger partial charge in [0, 0.05) is 13.2 Å². The molecule has 2 rings (SSSR count). The molecule has 1 aliphatic carbocycles. The van der Waals surface area contributed by atoms with Crippen LogP contribution in [-0.4, -0.2) is 30.7 Å². The van der Waals surface area contributed by atoms with E-state index in [2.05, 4.69) is 12.2 Å². The summed E-state index contributed by atoms with van der Waals surface area (Å²) < 4.78 is 5.58. The predicted octanol–water partition coefficient (Wildman–Crippen LogP) is 1.19. The smallest absolute Gasteiger partial charge is 0.237 e. The Balaban J connectivity index is 1.90. The SMILES string of the molecule is CCC1CCC(NCC2CCCO2)(C(N)=O)C1. The maximum absolute atomic E-state index is 11.7. The average molecular weight is 240 g/mol. The first kappa shape index (κ1) is 12.8. The molecule has 98 valence electrons. The Labute approximate surface area is 103 Å². The van der Waals surface area contributed by atoms with Gasteiger partial charge in [0.05, 0.1) is 11.6 Å². The van der Waals surface area contributed by atoms with Crippen LogP contribution in [0.25, 0.3) is 0 Å². The zero-order valence-electron chi connectivity index (χ0n) is 10.7. The Bertz CT molecular complexity index is 277. The van der Waals surface area contributed by atoms with Crippen molar-refractivity contribution in [1.29, 1.82) is 0 Å². The highest BCUT2D eigenvalue weighted by molar-refractivity contribution is 5.85. The second kappa shape index (κ2) is 5.36. The number of rotatable bonds is 5. The van der Waals surface area contributed by atoms with E-state index < -0.39 is 5.54 Å². The average Bonchev–Trinajstić information content (AvgIpc) is 2.96. The van der Waals surface area contributed by atoms with Crippen molar-refractivity contribution in [2.75, 3.05) is 13.2 Å². The van der Waals surface area contributed by atoms with Gasteiger partial charge in [-0.2, -0.15) is 0 Å². The molecular weight excluding hydrogens is 216 g/mol. The molecule has 1 saturated carbocycles. The second-order valence-electron chi connectivity index (χ2n) is 5.48. The highest BCUT2D eigenvalue weighted by Gasteiger charge is 2.43. The van der Waals surface area contributed by atoms with Crippen LogP contribution < -0.4 is 11.1 Å². The van der Waals surface area contributed by atoms with Gasteiger partial charge < -0.3 is 15.8 Å². The highest BCUT2D eigenvalue weighted by atomic mass is 16.5. The van der Waals surface area contributed by atoms with E-state index in [1.54, 1.807) is 0 Å². The fourth-order valence-electron chi connectivity index (χ4n) is 3.08. The number of ether oxygens (including phenoxy) is 1. The van der Waals surface area contributed by atoms with Crippen LogP contribution in [-0.2, 0) is 9.53 Å². The van der Waals surface area contributed by atoms with Gasteiger partial charge in [0.25, 0.3) is 0 Å². The summed E-state index contributed by atoms with van der Waals surface area (Å²) in [6.45, 7) is 3.80. The number of hydrogen-bond donors (Lipinski definition) is 2. The third kappa shape index (κ3) is 2.80. The van der Waals surface area contributed by atoms with Crippen molar-refractivity contribution in [2.24, 2.45) is 11.7 Å². The minimum absolute atomic E-state index is 0.188. The van der Waals surface area contributed by atoms with Crippen molar-refractivity contribution in [3.05, 3.63) is 0 Å². The summed E-state index contributed by atoms with van der Waals surface area (Å²) in [5.41, 5.74) is 5.13. The normalized spacial score (nSPS) is 37.5. The molecule has 0 bridgehead atoms. The molecule has 17 heavy (non-hydrogen) atoms. The third-order valence-electron chi connectivity index (χ3n) is 4.36. The molecule has 1 heterocycles. The van der Waals surface area contributed by atoms with E-state index in [0.29, 0.717) is 5.92 Å². The zero-order chi connectivity index (χ0) is 12.3. The fourth-order valence-corrected chi connectivity index (χ4v) is 3.08. The number of carbonyl (C=O) groups is 1. The molecule has 3 unspecified atom stereocenters. The molecule has 0 radical (unpaired) electrons. The van der Waals surface area contributed by atoms with Crippen molar-refractivity contribution in [2.45, 2.75) is 57.1 Å². The summed E-state index contributed by atoms with van der Waals surface area (Å²) in [6, 6.07) is 0. The Morgan fingerprint density at radius 3 is 2.88 bits per heavy atom. The molecule has 0 spiro atoms. The molecule has 4 heteroatoms. The Kier molecular flexibility index (Phi) is 4.05. The van der Waals surface area contributed by atoms with E-state index >= 15 is 0 Å². The monoisotopic (exact) mass is 240 g/mol. The molecule has 0 aromatic heterocycles. The van der Waals surface area contributed by atoms with Crippen molar-refractivity contribution < 1.29 is 9.53 Å². The molecule has 3 N–H and O–H groups in total. The van der Waals surface area contributed by atoms with Crippen LogP contribution in [0.4, 0.5) is 0 Å². The van der Waals surface area contributed by atoms with E-state index in [1.807, 2.05) is 0 Å². The summed E-state index contributed by atoms with van der Waals surface area (Å²) in [4.78, 5) is 11.7. The van der Waals surface area contributed by atoms with E-state index in [-0.39, 0.29) is 12.0 Å². The summed E-state index contributed by atoms with van der Waals surface area (Å²) in [5, 5.41) is 3.40. The molecule has 3 atom stereocenters. The minimum atomic E-state index is -0.466. The number of primary amides is 1. The Morgan fingerprint density at radius 1 is 1.53 bits per heavy atom. The second-order valence-corrected chi connectivity index (χ2v) is 5.48. The van der Waals surface area contributed by atoms with Gasteiger partial charge in [-0.25, -0.2) is 0 Å². The Hall–Kier alpha value is -0.610. The number of nitrogens with one attached hydrogen (secondary N) is 1. The third-order valence-corrected chi connectivity index (χ3v) is 4.36. The Morgan fingerprint density at radius 2 is 2.35 bits per heavy atom.